The number of rotatable bonds is 8. The fourth-order valence-corrected chi connectivity index (χ4v) is 4.17. The van der Waals surface area contributed by atoms with Crippen molar-refractivity contribution < 1.29 is 9.53 Å². The molecule has 8 heteroatoms. The largest absolute Gasteiger partial charge is 0.383 e. The van der Waals surface area contributed by atoms with E-state index in [1.54, 1.807) is 11.7 Å². The zero-order chi connectivity index (χ0) is 17.7. The molecule has 1 N–H and O–H groups in total. The number of amides is 1. The van der Waals surface area contributed by atoms with Crippen molar-refractivity contribution in [1.82, 2.24) is 14.9 Å². The van der Waals surface area contributed by atoms with E-state index in [9.17, 15) is 9.59 Å². The standard InChI is InChI=1S/C16H23N3O3S2/c1-5-6-17-12(20)9-23-16-18-14-13(10(2)11(3)24-14)15(21)19(16)7-8-22-4/h5-9H2,1-4H3,(H,17,20). The van der Waals surface area contributed by atoms with Gasteiger partial charge >= 0.3 is 0 Å². The molecule has 0 aromatic carbocycles. The molecule has 0 aliphatic carbocycles. The molecule has 132 valence electrons. The highest BCUT2D eigenvalue weighted by Gasteiger charge is 2.17. The first kappa shape index (κ1) is 19.0. The molecular weight excluding hydrogens is 346 g/mol. The van der Waals surface area contributed by atoms with E-state index in [0.717, 1.165) is 21.7 Å². The van der Waals surface area contributed by atoms with Gasteiger partial charge < -0.3 is 10.1 Å². The van der Waals surface area contributed by atoms with Crippen LogP contribution in [0.5, 0.6) is 0 Å². The Morgan fingerprint density at radius 1 is 1.42 bits per heavy atom. The molecule has 0 saturated heterocycles. The number of nitrogens with one attached hydrogen (secondary N) is 1. The van der Waals surface area contributed by atoms with Gasteiger partial charge in [0, 0.05) is 18.5 Å². The second-order valence-electron chi connectivity index (χ2n) is 5.45. The van der Waals surface area contributed by atoms with E-state index >= 15 is 0 Å². The molecular formula is C16H23N3O3S2. The minimum atomic E-state index is -0.0598. The molecule has 0 fully saturated rings. The summed E-state index contributed by atoms with van der Waals surface area (Å²) < 4.78 is 6.72. The number of methoxy groups -OCH3 is 1. The average molecular weight is 370 g/mol. The molecule has 0 aliphatic rings. The van der Waals surface area contributed by atoms with Gasteiger partial charge in [-0.3, -0.25) is 14.2 Å². The zero-order valence-corrected chi connectivity index (χ0v) is 16.1. The van der Waals surface area contributed by atoms with Crippen molar-refractivity contribution in [2.45, 2.75) is 38.9 Å². The quantitative estimate of drug-likeness (QED) is 0.571. The molecule has 2 aromatic rings. The lowest BCUT2D eigenvalue weighted by atomic mass is 10.2. The predicted octanol–water partition coefficient (Wildman–Crippen LogP) is 2.34. The lowest BCUT2D eigenvalue weighted by Crippen LogP contribution is -2.28. The molecule has 6 nitrogen and oxygen atoms in total. The summed E-state index contributed by atoms with van der Waals surface area (Å²) in [6, 6.07) is 0. The maximum absolute atomic E-state index is 12.9. The first-order chi connectivity index (χ1) is 11.5. The Morgan fingerprint density at radius 2 is 2.17 bits per heavy atom. The summed E-state index contributed by atoms with van der Waals surface area (Å²) in [6.45, 7) is 7.45. The molecule has 0 spiro atoms. The third kappa shape index (κ3) is 4.17. The second-order valence-corrected chi connectivity index (χ2v) is 7.59. The first-order valence-corrected chi connectivity index (χ1v) is 9.68. The molecule has 0 bridgehead atoms. The molecule has 2 aromatic heterocycles. The number of nitrogens with zero attached hydrogens (tertiary/aromatic N) is 2. The number of hydrogen-bond donors (Lipinski definition) is 1. The molecule has 0 saturated carbocycles. The number of carbonyl (C=O) groups is 1. The monoisotopic (exact) mass is 369 g/mol. The van der Waals surface area contributed by atoms with Crippen LogP contribution in [0.3, 0.4) is 0 Å². The van der Waals surface area contributed by atoms with Crippen LogP contribution in [0.4, 0.5) is 0 Å². The number of aryl methyl sites for hydroxylation is 2. The third-order valence-electron chi connectivity index (χ3n) is 3.68. The van der Waals surface area contributed by atoms with Gasteiger partial charge in [0.05, 0.1) is 24.3 Å². The van der Waals surface area contributed by atoms with Crippen LogP contribution in [0.25, 0.3) is 10.2 Å². The summed E-state index contributed by atoms with van der Waals surface area (Å²) in [6.07, 6.45) is 0.896. The van der Waals surface area contributed by atoms with Crippen molar-refractivity contribution in [1.29, 1.82) is 0 Å². The van der Waals surface area contributed by atoms with Gasteiger partial charge in [0.1, 0.15) is 4.83 Å². The highest BCUT2D eigenvalue weighted by atomic mass is 32.2. The van der Waals surface area contributed by atoms with E-state index in [1.807, 2.05) is 20.8 Å². The Hall–Kier alpha value is -1.38. The topological polar surface area (TPSA) is 73.2 Å². The molecule has 0 aliphatic heterocycles. The number of thioether (sulfide) groups is 1. The van der Waals surface area contributed by atoms with Gasteiger partial charge in [0.2, 0.25) is 5.91 Å². The summed E-state index contributed by atoms with van der Waals surface area (Å²) in [4.78, 5) is 31.2. The van der Waals surface area contributed by atoms with E-state index in [-0.39, 0.29) is 17.2 Å². The van der Waals surface area contributed by atoms with Crippen LogP contribution in [0.15, 0.2) is 9.95 Å². The lowest BCUT2D eigenvalue weighted by Gasteiger charge is -2.11. The van der Waals surface area contributed by atoms with Crippen LogP contribution in [0.2, 0.25) is 0 Å². The van der Waals surface area contributed by atoms with Gasteiger partial charge in [-0.1, -0.05) is 18.7 Å². The maximum Gasteiger partial charge on any atom is 0.263 e. The number of thiophene rings is 1. The first-order valence-electron chi connectivity index (χ1n) is 7.88. The summed E-state index contributed by atoms with van der Waals surface area (Å²) in [5.74, 6) is 0.196. The summed E-state index contributed by atoms with van der Waals surface area (Å²) in [5, 5.41) is 4.07. The number of fused-ring (bicyclic) bond motifs is 1. The van der Waals surface area contributed by atoms with Gasteiger partial charge in [-0.2, -0.15) is 0 Å². The Labute approximate surface area is 149 Å². The summed E-state index contributed by atoms with van der Waals surface area (Å²) in [7, 11) is 1.60. The van der Waals surface area contributed by atoms with Crippen molar-refractivity contribution in [3.8, 4) is 0 Å². The predicted molar refractivity (Wildman–Crippen MR) is 99.3 cm³/mol. The van der Waals surface area contributed by atoms with Crippen LogP contribution in [-0.2, 0) is 16.1 Å². The van der Waals surface area contributed by atoms with Crippen molar-refractivity contribution >= 4 is 39.2 Å². The fraction of sp³-hybridized carbons (Fsp3) is 0.562. The van der Waals surface area contributed by atoms with E-state index in [2.05, 4.69) is 10.3 Å². The zero-order valence-electron chi connectivity index (χ0n) is 14.5. The molecule has 1 amide bonds. The highest BCUT2D eigenvalue weighted by molar-refractivity contribution is 7.99. The van der Waals surface area contributed by atoms with Crippen LogP contribution in [0, 0.1) is 13.8 Å². The van der Waals surface area contributed by atoms with Crippen LogP contribution < -0.4 is 10.9 Å². The van der Waals surface area contributed by atoms with Gasteiger partial charge in [-0.05, 0) is 25.8 Å². The molecule has 24 heavy (non-hydrogen) atoms. The Balaban J connectivity index is 2.36. The van der Waals surface area contributed by atoms with Crippen molar-refractivity contribution in [3.63, 3.8) is 0 Å². The van der Waals surface area contributed by atoms with E-state index in [0.29, 0.717) is 30.2 Å². The molecule has 2 heterocycles. The number of ether oxygens (including phenoxy) is 1. The Bertz CT molecular complexity index is 783. The average Bonchev–Trinajstić information content (AvgIpc) is 2.84. The van der Waals surface area contributed by atoms with E-state index < -0.39 is 0 Å². The minimum absolute atomic E-state index is 0.0481. The SMILES string of the molecule is CCCNC(=O)CSc1nc2sc(C)c(C)c2c(=O)n1CCOC. The Kier molecular flexibility index (Phi) is 6.82. The molecule has 0 unspecified atom stereocenters. The number of hydrogen-bond acceptors (Lipinski definition) is 6. The van der Waals surface area contributed by atoms with Gasteiger partial charge in [0.25, 0.3) is 5.56 Å². The maximum atomic E-state index is 12.9. The van der Waals surface area contributed by atoms with Gasteiger partial charge in [-0.15, -0.1) is 11.3 Å². The third-order valence-corrected chi connectivity index (χ3v) is 5.75. The normalized spacial score (nSPS) is 11.2. The number of aromatic nitrogens is 2. The number of carbonyl (C=O) groups excluding carboxylic acids is 1. The molecule has 0 radical (unpaired) electrons. The second kappa shape index (κ2) is 8.64. The minimum Gasteiger partial charge on any atom is -0.383 e. The highest BCUT2D eigenvalue weighted by Crippen LogP contribution is 2.28. The van der Waals surface area contributed by atoms with Crippen LogP contribution in [-0.4, -0.2) is 41.5 Å². The van der Waals surface area contributed by atoms with E-state index in [4.69, 9.17) is 4.74 Å². The van der Waals surface area contributed by atoms with Gasteiger partial charge in [0.15, 0.2) is 5.16 Å². The summed E-state index contributed by atoms with van der Waals surface area (Å²) >= 11 is 2.81. The van der Waals surface area contributed by atoms with Crippen LogP contribution in [0.1, 0.15) is 23.8 Å². The van der Waals surface area contributed by atoms with Crippen molar-refractivity contribution in [2.75, 3.05) is 26.0 Å². The molecule has 2 rings (SSSR count). The fourth-order valence-electron chi connectivity index (χ4n) is 2.24. The van der Waals surface area contributed by atoms with E-state index in [1.165, 1.54) is 23.1 Å². The van der Waals surface area contributed by atoms with Crippen molar-refractivity contribution in [3.05, 3.63) is 20.8 Å². The van der Waals surface area contributed by atoms with Crippen LogP contribution >= 0.6 is 23.1 Å². The van der Waals surface area contributed by atoms with Gasteiger partial charge in [-0.25, -0.2) is 4.98 Å². The smallest absolute Gasteiger partial charge is 0.263 e. The lowest BCUT2D eigenvalue weighted by molar-refractivity contribution is -0.118. The molecule has 0 atom stereocenters. The van der Waals surface area contributed by atoms with Crippen molar-refractivity contribution in [2.24, 2.45) is 0 Å². The Morgan fingerprint density at radius 3 is 2.83 bits per heavy atom. The summed E-state index contributed by atoms with van der Waals surface area (Å²) in [5.41, 5.74) is 0.922.